The van der Waals surface area contributed by atoms with Crippen LogP contribution in [0.2, 0.25) is 0 Å². The van der Waals surface area contributed by atoms with E-state index in [0.717, 1.165) is 15.7 Å². The molecule has 0 radical (unpaired) electrons. The number of nitrogens with one attached hydrogen (secondary N) is 1. The second kappa shape index (κ2) is 6.29. The highest BCUT2D eigenvalue weighted by Crippen LogP contribution is 2.30. The van der Waals surface area contributed by atoms with E-state index in [2.05, 4.69) is 26.2 Å². The molecule has 0 unspecified atom stereocenters. The highest BCUT2D eigenvalue weighted by atomic mass is 79.9. The quantitative estimate of drug-likeness (QED) is 0.714. The lowest BCUT2D eigenvalue weighted by molar-refractivity contribution is 0.103. The molecule has 0 aliphatic heterocycles. The SMILES string of the molecule is Nc1nc(-c2ccccc2)c(C(=O)Nc2ccc(Br)cc2)s1. The Morgan fingerprint density at radius 3 is 2.45 bits per heavy atom. The Morgan fingerprint density at radius 2 is 1.77 bits per heavy atom. The highest BCUT2D eigenvalue weighted by molar-refractivity contribution is 9.10. The molecule has 0 bridgehead atoms. The first-order valence-corrected chi connectivity index (χ1v) is 8.13. The Hall–Kier alpha value is -2.18. The van der Waals surface area contributed by atoms with Crippen molar-refractivity contribution in [2.75, 3.05) is 11.1 Å². The van der Waals surface area contributed by atoms with E-state index in [-0.39, 0.29) is 5.91 Å². The van der Waals surface area contributed by atoms with Crippen molar-refractivity contribution in [3.8, 4) is 11.3 Å². The largest absolute Gasteiger partial charge is 0.375 e. The van der Waals surface area contributed by atoms with Gasteiger partial charge in [0, 0.05) is 15.7 Å². The van der Waals surface area contributed by atoms with Crippen LogP contribution in [0.15, 0.2) is 59.1 Å². The number of benzene rings is 2. The van der Waals surface area contributed by atoms with Gasteiger partial charge < -0.3 is 11.1 Å². The molecule has 0 saturated heterocycles. The number of carbonyl (C=O) groups excluding carboxylic acids is 1. The minimum atomic E-state index is -0.213. The molecular weight excluding hydrogens is 362 g/mol. The van der Waals surface area contributed by atoms with Crippen LogP contribution in [0.4, 0.5) is 10.8 Å². The fourth-order valence-electron chi connectivity index (χ4n) is 2.00. The van der Waals surface area contributed by atoms with Crippen LogP contribution in [0.3, 0.4) is 0 Å². The van der Waals surface area contributed by atoms with Crippen molar-refractivity contribution in [2.45, 2.75) is 0 Å². The van der Waals surface area contributed by atoms with Crippen LogP contribution in [-0.4, -0.2) is 10.9 Å². The minimum Gasteiger partial charge on any atom is -0.375 e. The lowest BCUT2D eigenvalue weighted by Crippen LogP contribution is -2.11. The monoisotopic (exact) mass is 373 g/mol. The van der Waals surface area contributed by atoms with Gasteiger partial charge in [-0.05, 0) is 24.3 Å². The maximum atomic E-state index is 12.5. The van der Waals surface area contributed by atoms with Crippen LogP contribution in [0, 0.1) is 0 Å². The zero-order valence-electron chi connectivity index (χ0n) is 11.4. The van der Waals surface area contributed by atoms with E-state index in [1.165, 1.54) is 11.3 Å². The first-order valence-electron chi connectivity index (χ1n) is 6.52. The van der Waals surface area contributed by atoms with Crippen molar-refractivity contribution in [1.29, 1.82) is 0 Å². The van der Waals surface area contributed by atoms with Gasteiger partial charge >= 0.3 is 0 Å². The van der Waals surface area contributed by atoms with E-state index >= 15 is 0 Å². The van der Waals surface area contributed by atoms with Crippen LogP contribution in [-0.2, 0) is 0 Å². The number of nitrogens with two attached hydrogens (primary N) is 1. The number of hydrogen-bond donors (Lipinski definition) is 2. The second-order valence-corrected chi connectivity index (χ2v) is 6.50. The molecule has 1 amide bonds. The first-order chi connectivity index (χ1) is 10.6. The summed E-state index contributed by atoms with van der Waals surface area (Å²) in [5.41, 5.74) is 7.99. The van der Waals surface area contributed by atoms with Crippen molar-refractivity contribution in [3.05, 3.63) is 63.9 Å². The van der Waals surface area contributed by atoms with Crippen LogP contribution >= 0.6 is 27.3 Å². The second-order valence-electron chi connectivity index (χ2n) is 4.56. The summed E-state index contributed by atoms with van der Waals surface area (Å²) in [4.78, 5) is 17.3. The molecule has 6 heteroatoms. The summed E-state index contributed by atoms with van der Waals surface area (Å²) in [5, 5.41) is 3.24. The number of amides is 1. The van der Waals surface area contributed by atoms with Crippen molar-refractivity contribution >= 4 is 44.0 Å². The van der Waals surface area contributed by atoms with Crippen molar-refractivity contribution in [2.24, 2.45) is 0 Å². The van der Waals surface area contributed by atoms with Crippen LogP contribution in [0.1, 0.15) is 9.67 Å². The zero-order valence-corrected chi connectivity index (χ0v) is 13.8. The fraction of sp³-hybridized carbons (Fsp3) is 0. The van der Waals surface area contributed by atoms with E-state index in [0.29, 0.717) is 15.7 Å². The standard InChI is InChI=1S/C16H12BrN3OS/c17-11-6-8-12(9-7-11)19-15(21)14-13(20-16(18)22-14)10-4-2-1-3-5-10/h1-9H,(H2,18,20)(H,19,21). The number of nitrogens with zero attached hydrogens (tertiary/aromatic N) is 1. The van der Waals surface area contributed by atoms with E-state index in [1.807, 2.05) is 54.6 Å². The molecule has 0 aliphatic rings. The molecule has 0 aliphatic carbocycles. The summed E-state index contributed by atoms with van der Waals surface area (Å²) in [5.74, 6) is -0.213. The Kier molecular flexibility index (Phi) is 4.22. The number of carbonyl (C=O) groups is 1. The van der Waals surface area contributed by atoms with Gasteiger partial charge in [0.05, 0.1) is 5.69 Å². The van der Waals surface area contributed by atoms with Gasteiger partial charge in [0.1, 0.15) is 4.88 Å². The Balaban J connectivity index is 1.91. The Labute approximate surface area is 140 Å². The molecule has 3 N–H and O–H groups in total. The topological polar surface area (TPSA) is 68.0 Å². The van der Waals surface area contributed by atoms with Gasteiger partial charge in [-0.25, -0.2) is 4.98 Å². The molecule has 2 aromatic carbocycles. The molecule has 3 aromatic rings. The lowest BCUT2D eigenvalue weighted by Gasteiger charge is -2.05. The summed E-state index contributed by atoms with van der Waals surface area (Å²) < 4.78 is 0.956. The summed E-state index contributed by atoms with van der Waals surface area (Å²) in [6.45, 7) is 0. The molecule has 0 atom stereocenters. The molecule has 1 heterocycles. The number of hydrogen-bond acceptors (Lipinski definition) is 4. The van der Waals surface area contributed by atoms with Gasteiger partial charge in [-0.3, -0.25) is 4.79 Å². The van der Waals surface area contributed by atoms with Crippen molar-refractivity contribution in [1.82, 2.24) is 4.98 Å². The number of halogens is 1. The summed E-state index contributed by atoms with van der Waals surface area (Å²) >= 11 is 4.55. The zero-order chi connectivity index (χ0) is 15.5. The molecule has 110 valence electrons. The van der Waals surface area contributed by atoms with Crippen molar-refractivity contribution < 1.29 is 4.79 Å². The molecule has 22 heavy (non-hydrogen) atoms. The van der Waals surface area contributed by atoms with Crippen LogP contribution in [0.25, 0.3) is 11.3 Å². The molecule has 1 aromatic heterocycles. The summed E-state index contributed by atoms with van der Waals surface area (Å²) in [6.07, 6.45) is 0. The lowest BCUT2D eigenvalue weighted by atomic mass is 10.1. The van der Waals surface area contributed by atoms with Crippen molar-refractivity contribution in [3.63, 3.8) is 0 Å². The molecule has 3 rings (SSSR count). The number of nitrogen functional groups attached to an aromatic ring is 1. The first kappa shape index (κ1) is 14.7. The number of aromatic nitrogens is 1. The van der Waals surface area contributed by atoms with E-state index in [9.17, 15) is 4.79 Å². The molecule has 0 saturated carbocycles. The summed E-state index contributed by atoms with van der Waals surface area (Å²) in [6, 6.07) is 16.9. The van der Waals surface area contributed by atoms with Gasteiger partial charge in [0.15, 0.2) is 5.13 Å². The van der Waals surface area contributed by atoms with E-state index in [4.69, 9.17) is 5.73 Å². The third-order valence-electron chi connectivity index (χ3n) is 3.00. The molecule has 0 spiro atoms. The predicted octanol–water partition coefficient (Wildman–Crippen LogP) is 4.41. The van der Waals surface area contributed by atoms with Gasteiger partial charge in [0.2, 0.25) is 0 Å². The third kappa shape index (κ3) is 3.18. The Bertz CT molecular complexity index is 800. The molecular formula is C16H12BrN3OS. The Morgan fingerprint density at radius 1 is 1.09 bits per heavy atom. The van der Waals surface area contributed by atoms with Crippen LogP contribution < -0.4 is 11.1 Å². The van der Waals surface area contributed by atoms with Gasteiger partial charge in [-0.15, -0.1) is 0 Å². The highest BCUT2D eigenvalue weighted by Gasteiger charge is 2.18. The summed E-state index contributed by atoms with van der Waals surface area (Å²) in [7, 11) is 0. The third-order valence-corrected chi connectivity index (χ3v) is 4.41. The fourth-order valence-corrected chi connectivity index (χ4v) is 3.02. The van der Waals surface area contributed by atoms with Gasteiger partial charge in [0.25, 0.3) is 5.91 Å². The maximum absolute atomic E-state index is 12.5. The minimum absolute atomic E-state index is 0.213. The van der Waals surface area contributed by atoms with E-state index < -0.39 is 0 Å². The normalized spacial score (nSPS) is 10.4. The molecule has 0 fully saturated rings. The van der Waals surface area contributed by atoms with E-state index in [1.54, 1.807) is 0 Å². The van der Waals surface area contributed by atoms with Crippen LogP contribution in [0.5, 0.6) is 0 Å². The maximum Gasteiger partial charge on any atom is 0.268 e. The smallest absolute Gasteiger partial charge is 0.268 e. The average Bonchev–Trinajstić information content (AvgIpc) is 2.92. The number of thiazole rings is 1. The average molecular weight is 374 g/mol. The predicted molar refractivity (Wildman–Crippen MR) is 94.1 cm³/mol. The molecule has 4 nitrogen and oxygen atoms in total. The number of anilines is 2. The number of rotatable bonds is 3. The van der Waals surface area contributed by atoms with Gasteiger partial charge in [-0.2, -0.15) is 0 Å². The van der Waals surface area contributed by atoms with Gasteiger partial charge in [-0.1, -0.05) is 57.6 Å².